The average molecular weight is 408 g/mol. The molecule has 0 N–H and O–H groups in total. The lowest BCUT2D eigenvalue weighted by atomic mass is 9.98. The van der Waals surface area contributed by atoms with Gasteiger partial charge in [0.25, 0.3) is 10.0 Å². The van der Waals surface area contributed by atoms with Gasteiger partial charge in [0.05, 0.1) is 16.6 Å². The van der Waals surface area contributed by atoms with E-state index in [0.29, 0.717) is 17.7 Å². The predicted octanol–water partition coefficient (Wildman–Crippen LogP) is 4.98. The van der Waals surface area contributed by atoms with Gasteiger partial charge in [0.2, 0.25) is 0 Å². The van der Waals surface area contributed by atoms with Crippen LogP contribution in [0.1, 0.15) is 34.7 Å². The molecular formula is C23H21FN2O2S. The number of aryl methyl sites for hydroxylation is 2. The summed E-state index contributed by atoms with van der Waals surface area (Å²) in [5, 5.41) is 4.45. The fourth-order valence-electron chi connectivity index (χ4n) is 3.43. The van der Waals surface area contributed by atoms with E-state index in [4.69, 9.17) is 0 Å². The van der Waals surface area contributed by atoms with E-state index in [1.54, 1.807) is 42.5 Å². The van der Waals surface area contributed by atoms with Gasteiger partial charge in [0.1, 0.15) is 5.82 Å². The molecular weight excluding hydrogens is 387 g/mol. The highest BCUT2D eigenvalue weighted by atomic mass is 32.2. The standard InChI is InChI=1S/C23H21FN2O2S/c1-16-7-11-18(12-8-16)22-15-23(20-5-3-4-6-21(20)24)26(25-22)29(27,28)19-13-9-17(2)10-14-19/h3-14,23H,15H2,1-2H3. The molecule has 29 heavy (non-hydrogen) atoms. The Balaban J connectivity index is 1.82. The van der Waals surface area contributed by atoms with Crippen LogP contribution in [0.5, 0.6) is 0 Å². The van der Waals surface area contributed by atoms with Crippen molar-refractivity contribution in [1.82, 2.24) is 4.41 Å². The van der Waals surface area contributed by atoms with Crippen molar-refractivity contribution in [3.8, 4) is 0 Å². The molecule has 1 aliphatic heterocycles. The first-order chi connectivity index (χ1) is 13.9. The van der Waals surface area contributed by atoms with E-state index in [0.717, 1.165) is 21.1 Å². The topological polar surface area (TPSA) is 49.7 Å². The number of halogens is 1. The second kappa shape index (κ2) is 7.44. The molecule has 6 heteroatoms. The first kappa shape index (κ1) is 19.3. The van der Waals surface area contributed by atoms with Crippen molar-refractivity contribution in [3.63, 3.8) is 0 Å². The zero-order valence-corrected chi connectivity index (χ0v) is 17.0. The summed E-state index contributed by atoms with van der Waals surface area (Å²) in [6.45, 7) is 3.87. The Hall–Kier alpha value is -2.99. The van der Waals surface area contributed by atoms with E-state index in [1.807, 2.05) is 38.1 Å². The van der Waals surface area contributed by atoms with E-state index in [-0.39, 0.29) is 4.90 Å². The Labute approximate surface area is 170 Å². The number of hydrogen-bond acceptors (Lipinski definition) is 3. The van der Waals surface area contributed by atoms with Gasteiger partial charge in [-0.25, -0.2) is 4.39 Å². The quantitative estimate of drug-likeness (QED) is 0.611. The number of hydrazone groups is 1. The minimum absolute atomic E-state index is 0.137. The number of rotatable bonds is 4. The highest BCUT2D eigenvalue weighted by molar-refractivity contribution is 7.89. The van der Waals surface area contributed by atoms with Crippen LogP contribution >= 0.6 is 0 Å². The number of hydrogen-bond donors (Lipinski definition) is 0. The van der Waals surface area contributed by atoms with Gasteiger partial charge in [-0.3, -0.25) is 0 Å². The van der Waals surface area contributed by atoms with E-state index in [1.165, 1.54) is 6.07 Å². The van der Waals surface area contributed by atoms with Crippen LogP contribution in [-0.2, 0) is 10.0 Å². The van der Waals surface area contributed by atoms with Gasteiger partial charge in [0, 0.05) is 12.0 Å². The molecule has 148 valence electrons. The molecule has 0 saturated heterocycles. The van der Waals surface area contributed by atoms with Crippen LogP contribution < -0.4 is 0 Å². The van der Waals surface area contributed by atoms with Gasteiger partial charge in [-0.2, -0.15) is 17.9 Å². The normalized spacial score (nSPS) is 16.7. The molecule has 0 saturated carbocycles. The lowest BCUT2D eigenvalue weighted by Gasteiger charge is -2.23. The summed E-state index contributed by atoms with van der Waals surface area (Å²) in [5.41, 5.74) is 3.82. The third kappa shape index (κ3) is 3.68. The molecule has 1 heterocycles. The summed E-state index contributed by atoms with van der Waals surface area (Å²) in [7, 11) is -3.94. The minimum atomic E-state index is -3.94. The van der Waals surface area contributed by atoms with Gasteiger partial charge in [-0.15, -0.1) is 0 Å². The molecule has 0 aromatic heterocycles. The largest absolute Gasteiger partial charge is 0.279 e. The van der Waals surface area contributed by atoms with Crippen LogP contribution in [-0.4, -0.2) is 18.5 Å². The van der Waals surface area contributed by atoms with Crippen LogP contribution in [0.4, 0.5) is 4.39 Å². The summed E-state index contributed by atoms with van der Waals surface area (Å²) >= 11 is 0. The molecule has 1 atom stereocenters. The third-order valence-electron chi connectivity index (χ3n) is 5.09. The zero-order chi connectivity index (χ0) is 20.6. The molecule has 1 aliphatic rings. The molecule has 0 fully saturated rings. The second-order valence-electron chi connectivity index (χ2n) is 7.24. The van der Waals surface area contributed by atoms with Crippen LogP contribution in [0.2, 0.25) is 0 Å². The molecule has 3 aromatic carbocycles. The average Bonchev–Trinajstić information content (AvgIpc) is 3.15. The Bertz CT molecular complexity index is 1170. The van der Waals surface area contributed by atoms with Crippen molar-refractivity contribution < 1.29 is 12.8 Å². The third-order valence-corrected chi connectivity index (χ3v) is 6.78. The number of benzene rings is 3. The van der Waals surface area contributed by atoms with Crippen molar-refractivity contribution in [2.45, 2.75) is 31.2 Å². The maximum atomic E-state index is 14.6. The van der Waals surface area contributed by atoms with Gasteiger partial charge in [0.15, 0.2) is 0 Å². The van der Waals surface area contributed by atoms with Crippen molar-refractivity contribution in [1.29, 1.82) is 0 Å². The number of nitrogens with zero attached hydrogens (tertiary/aromatic N) is 2. The van der Waals surface area contributed by atoms with E-state index < -0.39 is 21.9 Å². The van der Waals surface area contributed by atoms with Crippen molar-refractivity contribution in [2.75, 3.05) is 0 Å². The molecule has 0 bridgehead atoms. The lowest BCUT2D eigenvalue weighted by molar-refractivity contribution is 0.362. The highest BCUT2D eigenvalue weighted by Crippen LogP contribution is 2.38. The maximum Gasteiger partial charge on any atom is 0.279 e. The number of sulfonamides is 1. The van der Waals surface area contributed by atoms with Gasteiger partial charge < -0.3 is 0 Å². The van der Waals surface area contributed by atoms with E-state index >= 15 is 0 Å². The maximum absolute atomic E-state index is 14.6. The molecule has 4 nitrogen and oxygen atoms in total. The Kier molecular flexibility index (Phi) is 4.96. The molecule has 0 amide bonds. The predicted molar refractivity (Wildman–Crippen MR) is 112 cm³/mol. The Morgan fingerprint density at radius 3 is 2.10 bits per heavy atom. The smallest absolute Gasteiger partial charge is 0.207 e. The highest BCUT2D eigenvalue weighted by Gasteiger charge is 2.38. The van der Waals surface area contributed by atoms with Crippen molar-refractivity contribution in [2.24, 2.45) is 5.10 Å². The van der Waals surface area contributed by atoms with Gasteiger partial charge in [-0.1, -0.05) is 65.7 Å². The van der Waals surface area contributed by atoms with Crippen molar-refractivity contribution in [3.05, 3.63) is 101 Å². The zero-order valence-electron chi connectivity index (χ0n) is 16.2. The SMILES string of the molecule is Cc1ccc(C2=NN(S(=O)(=O)c3ccc(C)cc3)C(c3ccccc3F)C2)cc1. The Morgan fingerprint density at radius 2 is 1.48 bits per heavy atom. The molecule has 3 aromatic rings. The van der Waals surface area contributed by atoms with Crippen LogP contribution in [0.15, 0.2) is 82.8 Å². The molecule has 1 unspecified atom stereocenters. The van der Waals surface area contributed by atoms with Gasteiger partial charge in [-0.05, 0) is 37.6 Å². The summed E-state index contributed by atoms with van der Waals surface area (Å²) in [6, 6.07) is 19.8. The van der Waals surface area contributed by atoms with Crippen molar-refractivity contribution >= 4 is 15.7 Å². The fourth-order valence-corrected chi connectivity index (χ4v) is 4.85. The minimum Gasteiger partial charge on any atom is -0.207 e. The van der Waals surface area contributed by atoms with E-state index in [9.17, 15) is 12.8 Å². The summed E-state index contributed by atoms with van der Waals surface area (Å²) in [5.74, 6) is -0.443. The molecule has 0 spiro atoms. The van der Waals surface area contributed by atoms with E-state index in [2.05, 4.69) is 5.10 Å². The second-order valence-corrected chi connectivity index (χ2v) is 9.04. The summed E-state index contributed by atoms with van der Waals surface area (Å²) < 4.78 is 42.4. The lowest BCUT2D eigenvalue weighted by Crippen LogP contribution is -2.28. The fraction of sp³-hybridized carbons (Fsp3) is 0.174. The monoisotopic (exact) mass is 408 g/mol. The summed E-state index contributed by atoms with van der Waals surface area (Å²) in [4.78, 5) is 0.137. The van der Waals surface area contributed by atoms with Crippen LogP contribution in [0.25, 0.3) is 0 Å². The summed E-state index contributed by atoms with van der Waals surface area (Å²) in [6.07, 6.45) is 0.301. The Morgan fingerprint density at radius 1 is 0.897 bits per heavy atom. The molecule has 0 radical (unpaired) electrons. The van der Waals surface area contributed by atoms with Crippen LogP contribution in [0, 0.1) is 19.7 Å². The first-order valence-electron chi connectivity index (χ1n) is 9.36. The molecule has 4 rings (SSSR count). The van der Waals surface area contributed by atoms with Gasteiger partial charge >= 0.3 is 0 Å². The first-order valence-corrected chi connectivity index (χ1v) is 10.8. The van der Waals surface area contributed by atoms with Crippen LogP contribution in [0.3, 0.4) is 0 Å². The molecule has 0 aliphatic carbocycles.